The summed E-state index contributed by atoms with van der Waals surface area (Å²) in [5, 5.41) is 2.51. The van der Waals surface area contributed by atoms with Crippen LogP contribution in [0.25, 0.3) is 0 Å². The van der Waals surface area contributed by atoms with Crippen molar-refractivity contribution in [3.8, 4) is 0 Å². The Morgan fingerprint density at radius 1 is 0.848 bits per heavy atom. The quantitative estimate of drug-likeness (QED) is 0.158. The molecule has 0 unspecified atom stereocenters. The summed E-state index contributed by atoms with van der Waals surface area (Å²) in [7, 11) is -2.75. The highest BCUT2D eigenvalue weighted by molar-refractivity contribution is 6.99. The molecule has 5 rings (SSSR count). The van der Waals surface area contributed by atoms with Gasteiger partial charge in [-0.3, -0.25) is 9.59 Å². The van der Waals surface area contributed by atoms with Crippen molar-refractivity contribution < 1.29 is 23.5 Å². The number of ether oxygens (including phenoxy) is 2. The van der Waals surface area contributed by atoms with Gasteiger partial charge in [-0.05, 0) is 88.9 Å². The van der Waals surface area contributed by atoms with Crippen LogP contribution >= 0.6 is 0 Å². The number of allylic oxidation sites excluding steroid dienone is 1. The van der Waals surface area contributed by atoms with E-state index in [1.807, 2.05) is 0 Å². The largest absolute Gasteiger partial charge is 0.466 e. The van der Waals surface area contributed by atoms with Gasteiger partial charge in [-0.1, -0.05) is 107 Å². The van der Waals surface area contributed by atoms with E-state index in [0.29, 0.717) is 31.0 Å². The fourth-order valence-corrected chi connectivity index (χ4v) is 14.5. The summed E-state index contributed by atoms with van der Waals surface area (Å²) in [6.45, 7) is 20.6. The molecule has 5 nitrogen and oxygen atoms in total. The van der Waals surface area contributed by atoms with Crippen LogP contribution in [0.1, 0.15) is 93.4 Å². The summed E-state index contributed by atoms with van der Waals surface area (Å²) in [6, 6.07) is 21.9. The van der Waals surface area contributed by atoms with Crippen LogP contribution in [0.3, 0.4) is 0 Å². The van der Waals surface area contributed by atoms with Gasteiger partial charge in [0.1, 0.15) is 6.10 Å². The SMILES string of the molecule is C=C1CC[C@H]2[C@H](CO[Si](c3ccccc3)(c3ccccc3)C(C)(C)C)[C@@H]([C@@]3(C)CC[C@H](OC(C)=O)C[C@@H]3COC(C)=O)CC[C@]12C. The Kier molecular flexibility index (Phi) is 10.1. The van der Waals surface area contributed by atoms with E-state index < -0.39 is 8.32 Å². The molecular weight excluding hydrogens is 589 g/mol. The highest BCUT2D eigenvalue weighted by Gasteiger charge is 2.59. The zero-order valence-corrected chi connectivity index (χ0v) is 30.3. The van der Waals surface area contributed by atoms with Crippen molar-refractivity contribution in [3.05, 3.63) is 72.8 Å². The topological polar surface area (TPSA) is 61.8 Å². The van der Waals surface area contributed by atoms with Gasteiger partial charge in [-0.2, -0.15) is 0 Å². The van der Waals surface area contributed by atoms with Crippen LogP contribution in [0.15, 0.2) is 72.8 Å². The van der Waals surface area contributed by atoms with Gasteiger partial charge in [0, 0.05) is 26.4 Å². The van der Waals surface area contributed by atoms with Crippen LogP contribution in [0.2, 0.25) is 5.04 Å². The lowest BCUT2D eigenvalue weighted by Gasteiger charge is -2.57. The van der Waals surface area contributed by atoms with Crippen LogP contribution in [0.5, 0.6) is 0 Å². The molecule has 0 bridgehead atoms. The Labute approximate surface area is 278 Å². The number of hydrogen-bond donors (Lipinski definition) is 0. The summed E-state index contributed by atoms with van der Waals surface area (Å²) in [4.78, 5) is 24.0. The first-order valence-electron chi connectivity index (χ1n) is 17.5. The van der Waals surface area contributed by atoms with Crippen LogP contribution < -0.4 is 10.4 Å². The van der Waals surface area contributed by atoms with Gasteiger partial charge >= 0.3 is 11.9 Å². The third-order valence-electron chi connectivity index (χ3n) is 12.5. The maximum Gasteiger partial charge on any atom is 0.302 e. The van der Waals surface area contributed by atoms with Crippen molar-refractivity contribution >= 4 is 30.6 Å². The molecule has 7 atom stereocenters. The molecule has 0 saturated heterocycles. The van der Waals surface area contributed by atoms with Crippen LogP contribution in [0.4, 0.5) is 0 Å². The minimum absolute atomic E-state index is 0.0865. The third-order valence-corrected chi connectivity index (χ3v) is 17.5. The molecule has 2 aromatic rings. The molecule has 0 aromatic heterocycles. The van der Waals surface area contributed by atoms with E-state index in [-0.39, 0.29) is 39.8 Å². The van der Waals surface area contributed by atoms with E-state index in [9.17, 15) is 9.59 Å². The minimum atomic E-state index is -2.75. The number of rotatable bonds is 9. The number of hydrogen-bond acceptors (Lipinski definition) is 5. The molecule has 3 fully saturated rings. The van der Waals surface area contributed by atoms with Crippen molar-refractivity contribution in [2.24, 2.45) is 34.5 Å². The summed E-state index contributed by atoms with van der Waals surface area (Å²) >= 11 is 0. The second kappa shape index (κ2) is 13.4. The molecule has 0 heterocycles. The normalized spacial score (nSPS) is 31.6. The van der Waals surface area contributed by atoms with Gasteiger partial charge in [0.05, 0.1) is 6.61 Å². The molecule has 46 heavy (non-hydrogen) atoms. The van der Waals surface area contributed by atoms with E-state index in [1.165, 1.54) is 29.8 Å². The van der Waals surface area contributed by atoms with E-state index in [4.69, 9.17) is 13.9 Å². The van der Waals surface area contributed by atoms with Crippen LogP contribution in [-0.4, -0.2) is 39.6 Å². The summed E-state index contributed by atoms with van der Waals surface area (Å²) in [5.74, 6) is 0.794. The van der Waals surface area contributed by atoms with Gasteiger partial charge in [0.2, 0.25) is 0 Å². The second-order valence-electron chi connectivity index (χ2n) is 16.0. The molecule has 0 radical (unpaired) electrons. The zero-order chi connectivity index (χ0) is 33.3. The van der Waals surface area contributed by atoms with Crippen LogP contribution in [-0.2, 0) is 23.5 Å². The van der Waals surface area contributed by atoms with Crippen molar-refractivity contribution in [1.29, 1.82) is 0 Å². The average Bonchev–Trinajstić information content (AvgIpc) is 3.31. The molecule has 3 aliphatic carbocycles. The molecule has 250 valence electrons. The smallest absolute Gasteiger partial charge is 0.302 e. The van der Waals surface area contributed by atoms with Gasteiger partial charge in [-0.25, -0.2) is 0 Å². The van der Waals surface area contributed by atoms with E-state index in [1.54, 1.807) is 0 Å². The van der Waals surface area contributed by atoms with Crippen molar-refractivity contribution in [3.63, 3.8) is 0 Å². The molecular formula is C40H56O5Si. The molecule has 6 heteroatoms. The van der Waals surface area contributed by atoms with Crippen molar-refractivity contribution in [1.82, 2.24) is 0 Å². The predicted molar refractivity (Wildman–Crippen MR) is 187 cm³/mol. The fraction of sp³-hybridized carbons (Fsp3) is 0.600. The monoisotopic (exact) mass is 644 g/mol. The number of carbonyl (C=O) groups excluding carboxylic acids is 2. The summed E-state index contributed by atoms with van der Waals surface area (Å²) < 4.78 is 19.2. The Morgan fingerprint density at radius 2 is 1.46 bits per heavy atom. The first-order chi connectivity index (χ1) is 21.7. The maximum absolute atomic E-state index is 12.1. The Morgan fingerprint density at radius 3 is 2.00 bits per heavy atom. The third kappa shape index (κ3) is 6.41. The van der Waals surface area contributed by atoms with E-state index in [0.717, 1.165) is 44.9 Å². The number of carbonyl (C=O) groups is 2. The van der Waals surface area contributed by atoms with Crippen LogP contribution in [0, 0.1) is 34.5 Å². The first kappa shape index (κ1) is 34.6. The molecule has 0 aliphatic heterocycles. The maximum atomic E-state index is 12.1. The summed E-state index contributed by atoms with van der Waals surface area (Å²) in [6.07, 6.45) is 6.77. The molecule has 3 saturated carbocycles. The van der Waals surface area contributed by atoms with E-state index >= 15 is 0 Å². The number of benzene rings is 2. The fourth-order valence-electron chi connectivity index (χ4n) is 9.92. The Bertz CT molecular complexity index is 1340. The number of fused-ring (bicyclic) bond motifs is 1. The molecule has 0 amide bonds. The first-order valence-corrected chi connectivity index (χ1v) is 19.4. The lowest BCUT2D eigenvalue weighted by molar-refractivity contribution is -0.161. The van der Waals surface area contributed by atoms with Gasteiger partial charge in [0.25, 0.3) is 8.32 Å². The highest BCUT2D eigenvalue weighted by atomic mass is 28.4. The Hall–Kier alpha value is -2.70. The molecule has 0 spiro atoms. The molecule has 0 N–H and O–H groups in total. The molecule has 3 aliphatic rings. The minimum Gasteiger partial charge on any atom is -0.466 e. The highest BCUT2D eigenvalue weighted by Crippen LogP contribution is 2.64. The lowest BCUT2D eigenvalue weighted by atomic mass is 9.49. The lowest BCUT2D eigenvalue weighted by Crippen LogP contribution is -2.67. The van der Waals surface area contributed by atoms with Gasteiger partial charge < -0.3 is 13.9 Å². The molecule has 2 aromatic carbocycles. The summed E-state index contributed by atoms with van der Waals surface area (Å²) in [5.41, 5.74) is 1.41. The van der Waals surface area contributed by atoms with Gasteiger partial charge in [-0.15, -0.1) is 0 Å². The predicted octanol–water partition coefficient (Wildman–Crippen LogP) is 7.86. The van der Waals surface area contributed by atoms with Crippen molar-refractivity contribution in [2.75, 3.05) is 13.2 Å². The number of esters is 2. The zero-order valence-electron chi connectivity index (χ0n) is 29.3. The Balaban J connectivity index is 1.57. The van der Waals surface area contributed by atoms with E-state index in [2.05, 4.69) is 102 Å². The van der Waals surface area contributed by atoms with Gasteiger partial charge in [0.15, 0.2) is 0 Å². The average molecular weight is 645 g/mol. The standard InChI is InChI=1S/C40H56O5Si/c1-28-19-20-36-35(27-44-46(38(4,5)6,33-15-11-9-12-16-33)34-17-13-10-14-18-34)37(22-24-39(28,36)7)40(8)23-21-32(45-30(3)42)25-31(40)26-43-29(2)41/h9-18,31-32,35-37H,1,19-27H2,2-8H3/t31-,32+,35+,36+,37+,39-,40+/m1/s1. The van der Waals surface area contributed by atoms with Crippen molar-refractivity contribution in [2.45, 2.75) is 105 Å². The second-order valence-corrected chi connectivity index (χ2v) is 20.3.